The Morgan fingerprint density at radius 1 is 1.41 bits per heavy atom. The number of aromatic nitrogens is 3. The van der Waals surface area contributed by atoms with Gasteiger partial charge in [0.05, 0.1) is 13.2 Å². The van der Waals surface area contributed by atoms with Gasteiger partial charge in [-0.05, 0) is 24.6 Å². The molecule has 0 unspecified atom stereocenters. The lowest BCUT2D eigenvalue weighted by Gasteiger charge is -2.34. The summed E-state index contributed by atoms with van der Waals surface area (Å²) in [5.74, 6) is -0.312. The Kier molecular flexibility index (Phi) is 4.15. The highest BCUT2D eigenvalue weighted by molar-refractivity contribution is 5.80. The molecule has 0 radical (unpaired) electrons. The maximum atomic E-state index is 13.0. The van der Waals surface area contributed by atoms with Crippen LogP contribution in [0.1, 0.15) is 24.6 Å². The van der Waals surface area contributed by atoms with E-state index in [4.69, 9.17) is 4.74 Å². The molecule has 1 aromatic heterocycles. The summed E-state index contributed by atoms with van der Waals surface area (Å²) in [4.78, 5) is 18.2. The Hall–Kier alpha value is -2.28. The second-order valence-corrected chi connectivity index (χ2v) is 5.25. The van der Waals surface area contributed by atoms with E-state index in [-0.39, 0.29) is 17.8 Å². The number of hydrogen-bond acceptors (Lipinski definition) is 4. The largest absolute Gasteiger partial charge is 0.370 e. The summed E-state index contributed by atoms with van der Waals surface area (Å²) in [7, 11) is 0. The van der Waals surface area contributed by atoms with Crippen molar-refractivity contribution in [2.45, 2.75) is 19.1 Å². The molecule has 116 valence electrons. The van der Waals surface area contributed by atoms with Crippen molar-refractivity contribution in [3.63, 3.8) is 0 Å². The van der Waals surface area contributed by atoms with Gasteiger partial charge in [0, 0.05) is 6.54 Å². The molecule has 1 amide bonds. The van der Waals surface area contributed by atoms with Gasteiger partial charge in [-0.3, -0.25) is 4.79 Å². The van der Waals surface area contributed by atoms with E-state index >= 15 is 0 Å². The number of ether oxygens (including phenoxy) is 1. The molecule has 22 heavy (non-hydrogen) atoms. The van der Waals surface area contributed by atoms with Crippen LogP contribution >= 0.6 is 0 Å². The number of nitrogens with zero attached hydrogens (tertiary/aromatic N) is 4. The van der Waals surface area contributed by atoms with E-state index in [0.29, 0.717) is 19.7 Å². The molecular formula is C15H17FN4O2. The van der Waals surface area contributed by atoms with Gasteiger partial charge in [-0.15, -0.1) is 0 Å². The van der Waals surface area contributed by atoms with Crippen molar-refractivity contribution in [3.8, 4) is 0 Å². The molecule has 0 aliphatic carbocycles. The summed E-state index contributed by atoms with van der Waals surface area (Å²) in [6.45, 7) is 3.23. The van der Waals surface area contributed by atoms with Crippen LogP contribution < -0.4 is 0 Å². The van der Waals surface area contributed by atoms with E-state index in [1.807, 2.05) is 0 Å². The van der Waals surface area contributed by atoms with Crippen molar-refractivity contribution < 1.29 is 13.9 Å². The summed E-state index contributed by atoms with van der Waals surface area (Å²) in [5.41, 5.74) is 0.868. The highest BCUT2D eigenvalue weighted by Gasteiger charge is 2.29. The average molecular weight is 304 g/mol. The van der Waals surface area contributed by atoms with Gasteiger partial charge in [-0.2, -0.15) is 5.10 Å². The highest BCUT2D eigenvalue weighted by atomic mass is 19.1. The van der Waals surface area contributed by atoms with Crippen molar-refractivity contribution >= 4 is 5.91 Å². The van der Waals surface area contributed by atoms with E-state index in [2.05, 4.69) is 10.1 Å². The predicted molar refractivity (Wildman–Crippen MR) is 76.4 cm³/mol. The standard InChI is InChI=1S/C15H17FN4O2/c1-11(20-10-17-9-18-20)15(21)19-6-7-22-14(8-19)12-2-4-13(16)5-3-12/h2-5,9-11,14H,6-8H2,1H3/t11-,14+/m1/s1. The van der Waals surface area contributed by atoms with Crippen LogP contribution in [0.25, 0.3) is 0 Å². The third-order valence-electron chi connectivity index (χ3n) is 3.81. The van der Waals surface area contributed by atoms with Gasteiger partial charge < -0.3 is 9.64 Å². The zero-order valence-electron chi connectivity index (χ0n) is 12.2. The molecule has 2 heterocycles. The maximum absolute atomic E-state index is 13.0. The molecule has 3 rings (SSSR count). The zero-order valence-corrected chi connectivity index (χ0v) is 12.2. The van der Waals surface area contributed by atoms with Crippen LogP contribution in [0, 0.1) is 5.82 Å². The Bertz CT molecular complexity index is 630. The second-order valence-electron chi connectivity index (χ2n) is 5.25. The van der Waals surface area contributed by atoms with Crippen molar-refractivity contribution in [1.82, 2.24) is 19.7 Å². The molecule has 1 aromatic carbocycles. The molecule has 1 aliphatic rings. The number of halogens is 1. The number of amides is 1. The maximum Gasteiger partial charge on any atom is 0.247 e. The number of rotatable bonds is 3. The van der Waals surface area contributed by atoms with E-state index < -0.39 is 6.04 Å². The van der Waals surface area contributed by atoms with Crippen LogP contribution in [0.4, 0.5) is 4.39 Å². The Morgan fingerprint density at radius 2 is 2.18 bits per heavy atom. The lowest BCUT2D eigenvalue weighted by atomic mass is 10.1. The number of benzene rings is 1. The molecule has 7 heteroatoms. The zero-order chi connectivity index (χ0) is 15.5. The Morgan fingerprint density at radius 3 is 2.86 bits per heavy atom. The van der Waals surface area contributed by atoms with E-state index in [0.717, 1.165) is 5.56 Å². The van der Waals surface area contributed by atoms with Crippen LogP contribution in [0.15, 0.2) is 36.9 Å². The van der Waals surface area contributed by atoms with Crippen molar-refractivity contribution in [1.29, 1.82) is 0 Å². The molecule has 2 aromatic rings. The number of morpholine rings is 1. The molecule has 1 fully saturated rings. The van der Waals surface area contributed by atoms with E-state index in [9.17, 15) is 9.18 Å². The van der Waals surface area contributed by atoms with Crippen molar-refractivity contribution in [2.75, 3.05) is 19.7 Å². The van der Waals surface area contributed by atoms with Gasteiger partial charge in [0.25, 0.3) is 0 Å². The fraction of sp³-hybridized carbons (Fsp3) is 0.400. The molecule has 1 saturated heterocycles. The smallest absolute Gasteiger partial charge is 0.247 e. The molecular weight excluding hydrogens is 287 g/mol. The van der Waals surface area contributed by atoms with Gasteiger partial charge in [0.1, 0.15) is 30.6 Å². The van der Waals surface area contributed by atoms with Crippen LogP contribution in [0.2, 0.25) is 0 Å². The molecule has 0 spiro atoms. The topological polar surface area (TPSA) is 60.2 Å². The highest BCUT2D eigenvalue weighted by Crippen LogP contribution is 2.24. The SMILES string of the molecule is C[C@H](C(=O)N1CCO[C@H](c2ccc(F)cc2)C1)n1cncn1. The van der Waals surface area contributed by atoms with Gasteiger partial charge in [-0.25, -0.2) is 14.1 Å². The first-order valence-corrected chi connectivity index (χ1v) is 7.15. The molecule has 0 saturated carbocycles. The molecule has 6 nitrogen and oxygen atoms in total. The fourth-order valence-electron chi connectivity index (χ4n) is 2.52. The lowest BCUT2D eigenvalue weighted by Crippen LogP contribution is -2.45. The monoisotopic (exact) mass is 304 g/mol. The number of carbonyl (C=O) groups excluding carboxylic acids is 1. The van der Waals surface area contributed by atoms with Crippen molar-refractivity contribution in [2.24, 2.45) is 0 Å². The minimum absolute atomic E-state index is 0.0269. The fourth-order valence-corrected chi connectivity index (χ4v) is 2.52. The average Bonchev–Trinajstić information content (AvgIpc) is 3.09. The van der Waals surface area contributed by atoms with Gasteiger partial charge in [0.15, 0.2) is 0 Å². The van der Waals surface area contributed by atoms with Gasteiger partial charge in [0.2, 0.25) is 5.91 Å². The summed E-state index contributed by atoms with van der Waals surface area (Å²) in [6.07, 6.45) is 2.70. The van der Waals surface area contributed by atoms with Crippen LogP contribution in [-0.2, 0) is 9.53 Å². The van der Waals surface area contributed by atoms with Crippen LogP contribution in [0.5, 0.6) is 0 Å². The Labute approximate surface area is 127 Å². The normalized spacial score (nSPS) is 19.9. The predicted octanol–water partition coefficient (Wildman–Crippen LogP) is 1.58. The van der Waals surface area contributed by atoms with Gasteiger partial charge in [-0.1, -0.05) is 12.1 Å². The number of carbonyl (C=O) groups is 1. The molecule has 0 N–H and O–H groups in total. The van der Waals surface area contributed by atoms with Crippen LogP contribution in [-0.4, -0.2) is 45.3 Å². The Balaban J connectivity index is 1.70. The minimum Gasteiger partial charge on any atom is -0.370 e. The van der Waals surface area contributed by atoms with Crippen LogP contribution in [0.3, 0.4) is 0 Å². The second kappa shape index (κ2) is 6.23. The lowest BCUT2D eigenvalue weighted by molar-refractivity contribution is -0.142. The third-order valence-corrected chi connectivity index (χ3v) is 3.81. The van der Waals surface area contributed by atoms with Gasteiger partial charge >= 0.3 is 0 Å². The summed E-state index contributed by atoms with van der Waals surface area (Å²) in [5, 5.41) is 4.00. The molecule has 2 atom stereocenters. The minimum atomic E-state index is -0.408. The first-order valence-electron chi connectivity index (χ1n) is 7.15. The third kappa shape index (κ3) is 2.99. The van der Waals surface area contributed by atoms with Crippen molar-refractivity contribution in [3.05, 3.63) is 48.3 Å². The first-order chi connectivity index (χ1) is 10.6. The molecule has 0 bridgehead atoms. The van der Waals surface area contributed by atoms with E-state index in [1.165, 1.54) is 29.5 Å². The summed E-state index contributed by atoms with van der Waals surface area (Å²) >= 11 is 0. The first kappa shape index (κ1) is 14.6. The summed E-state index contributed by atoms with van der Waals surface area (Å²) in [6, 6.07) is 5.77. The number of hydrogen-bond donors (Lipinski definition) is 0. The summed E-state index contributed by atoms with van der Waals surface area (Å²) < 4.78 is 20.2. The van der Waals surface area contributed by atoms with E-state index in [1.54, 1.807) is 24.0 Å². The quantitative estimate of drug-likeness (QED) is 0.864. The molecule has 1 aliphatic heterocycles.